The Balaban J connectivity index is 2.27. The standard InChI is InChI=1S/C13H15ClFN3O/c1-3-7(2)11(16)13-17-12(18-19-13)8-4-5-10(15)9(14)6-8/h4-7,11H,3,16H2,1-2H3/t7?,11-/m0/s1. The van der Waals surface area contributed by atoms with Crippen LogP contribution < -0.4 is 5.73 Å². The fourth-order valence-corrected chi connectivity index (χ4v) is 1.80. The van der Waals surface area contributed by atoms with Gasteiger partial charge in [-0.3, -0.25) is 0 Å². The van der Waals surface area contributed by atoms with Gasteiger partial charge in [-0.1, -0.05) is 37.0 Å². The molecule has 0 aliphatic carbocycles. The molecule has 1 aromatic heterocycles. The topological polar surface area (TPSA) is 64.9 Å². The number of hydrogen-bond donors (Lipinski definition) is 1. The molecule has 2 rings (SSSR count). The van der Waals surface area contributed by atoms with E-state index in [1.165, 1.54) is 12.1 Å². The van der Waals surface area contributed by atoms with Crippen molar-refractivity contribution in [3.63, 3.8) is 0 Å². The Morgan fingerprint density at radius 2 is 2.21 bits per heavy atom. The largest absolute Gasteiger partial charge is 0.337 e. The Bertz CT molecular complexity index is 573. The first kappa shape index (κ1) is 14.0. The van der Waals surface area contributed by atoms with E-state index in [1.54, 1.807) is 6.07 Å². The molecule has 0 aliphatic rings. The van der Waals surface area contributed by atoms with E-state index in [0.717, 1.165) is 6.42 Å². The Morgan fingerprint density at radius 1 is 1.47 bits per heavy atom. The third kappa shape index (κ3) is 2.93. The molecule has 2 atom stereocenters. The SMILES string of the molecule is CCC(C)[C@H](N)c1nc(-c2ccc(F)c(Cl)c2)no1. The fourth-order valence-electron chi connectivity index (χ4n) is 1.62. The van der Waals surface area contributed by atoms with Gasteiger partial charge in [-0.2, -0.15) is 4.98 Å². The minimum atomic E-state index is -0.481. The Hall–Kier alpha value is -1.46. The first-order valence-corrected chi connectivity index (χ1v) is 6.45. The van der Waals surface area contributed by atoms with E-state index in [1.807, 2.05) is 13.8 Å². The zero-order valence-electron chi connectivity index (χ0n) is 10.7. The second kappa shape index (κ2) is 5.67. The number of nitrogens with two attached hydrogens (primary N) is 1. The third-order valence-electron chi connectivity index (χ3n) is 3.16. The van der Waals surface area contributed by atoms with Gasteiger partial charge < -0.3 is 10.3 Å². The molecule has 102 valence electrons. The van der Waals surface area contributed by atoms with Crippen LogP contribution in [0.15, 0.2) is 22.7 Å². The average molecular weight is 284 g/mol. The molecule has 2 aromatic rings. The first-order valence-electron chi connectivity index (χ1n) is 6.07. The summed E-state index contributed by atoms with van der Waals surface area (Å²) in [4.78, 5) is 4.24. The number of hydrogen-bond acceptors (Lipinski definition) is 4. The van der Waals surface area contributed by atoms with Crippen LogP contribution in [0.3, 0.4) is 0 Å². The van der Waals surface area contributed by atoms with E-state index in [0.29, 0.717) is 17.3 Å². The molecule has 0 saturated heterocycles. The molecular weight excluding hydrogens is 269 g/mol. The van der Waals surface area contributed by atoms with E-state index in [-0.39, 0.29) is 17.0 Å². The lowest BCUT2D eigenvalue weighted by molar-refractivity contribution is 0.312. The minimum absolute atomic E-state index is 0.0232. The van der Waals surface area contributed by atoms with Crippen LogP contribution in [0.2, 0.25) is 5.02 Å². The highest BCUT2D eigenvalue weighted by molar-refractivity contribution is 6.31. The highest BCUT2D eigenvalue weighted by Gasteiger charge is 2.20. The number of aromatic nitrogens is 2. The molecule has 0 bridgehead atoms. The van der Waals surface area contributed by atoms with Crippen LogP contribution in [0.4, 0.5) is 4.39 Å². The second-order valence-corrected chi connectivity index (χ2v) is 4.90. The summed E-state index contributed by atoms with van der Waals surface area (Å²) in [5, 5.41) is 3.87. The molecule has 19 heavy (non-hydrogen) atoms. The lowest BCUT2D eigenvalue weighted by Crippen LogP contribution is -2.18. The summed E-state index contributed by atoms with van der Waals surface area (Å²) in [5.41, 5.74) is 6.61. The molecule has 1 unspecified atom stereocenters. The molecule has 0 amide bonds. The molecule has 0 fully saturated rings. The van der Waals surface area contributed by atoms with Gasteiger partial charge in [0, 0.05) is 5.56 Å². The number of benzene rings is 1. The van der Waals surface area contributed by atoms with Crippen LogP contribution in [0.1, 0.15) is 32.2 Å². The second-order valence-electron chi connectivity index (χ2n) is 4.50. The van der Waals surface area contributed by atoms with Gasteiger partial charge >= 0.3 is 0 Å². The third-order valence-corrected chi connectivity index (χ3v) is 3.45. The van der Waals surface area contributed by atoms with E-state index in [4.69, 9.17) is 21.9 Å². The van der Waals surface area contributed by atoms with Crippen molar-refractivity contribution in [2.45, 2.75) is 26.3 Å². The fraction of sp³-hybridized carbons (Fsp3) is 0.385. The summed E-state index contributed by atoms with van der Waals surface area (Å²) in [6.45, 7) is 4.06. The summed E-state index contributed by atoms with van der Waals surface area (Å²) in [6.07, 6.45) is 0.918. The van der Waals surface area contributed by atoms with E-state index < -0.39 is 5.82 Å². The van der Waals surface area contributed by atoms with Gasteiger partial charge in [0.1, 0.15) is 5.82 Å². The minimum Gasteiger partial charge on any atom is -0.337 e. The summed E-state index contributed by atoms with van der Waals surface area (Å²) in [7, 11) is 0. The molecule has 1 heterocycles. The predicted molar refractivity (Wildman–Crippen MR) is 71.1 cm³/mol. The van der Waals surface area contributed by atoms with E-state index in [9.17, 15) is 4.39 Å². The lowest BCUT2D eigenvalue weighted by atomic mass is 10.0. The Labute approximate surface area is 115 Å². The van der Waals surface area contributed by atoms with Crippen molar-refractivity contribution in [3.8, 4) is 11.4 Å². The van der Waals surface area contributed by atoms with Crippen LogP contribution in [0.25, 0.3) is 11.4 Å². The zero-order chi connectivity index (χ0) is 14.0. The number of nitrogens with zero attached hydrogens (tertiary/aromatic N) is 2. The van der Waals surface area contributed by atoms with E-state index >= 15 is 0 Å². The van der Waals surface area contributed by atoms with Gasteiger partial charge in [0.25, 0.3) is 0 Å². The average Bonchev–Trinajstić information content (AvgIpc) is 2.89. The molecule has 6 heteroatoms. The van der Waals surface area contributed by atoms with Crippen molar-refractivity contribution in [2.75, 3.05) is 0 Å². The van der Waals surface area contributed by atoms with Crippen LogP contribution in [-0.2, 0) is 0 Å². The monoisotopic (exact) mass is 283 g/mol. The van der Waals surface area contributed by atoms with Gasteiger partial charge in [0.15, 0.2) is 0 Å². The molecule has 1 aromatic carbocycles. The smallest absolute Gasteiger partial charge is 0.244 e. The Kier molecular flexibility index (Phi) is 4.17. The van der Waals surface area contributed by atoms with Gasteiger partial charge in [-0.15, -0.1) is 0 Å². The zero-order valence-corrected chi connectivity index (χ0v) is 11.5. The summed E-state index contributed by atoms with van der Waals surface area (Å²) >= 11 is 5.72. The molecule has 2 N–H and O–H groups in total. The van der Waals surface area contributed by atoms with E-state index in [2.05, 4.69) is 10.1 Å². The first-order chi connectivity index (χ1) is 9.02. The number of rotatable bonds is 4. The molecule has 0 spiro atoms. The van der Waals surface area contributed by atoms with Crippen molar-refractivity contribution in [1.82, 2.24) is 10.1 Å². The highest BCUT2D eigenvalue weighted by atomic mass is 35.5. The van der Waals surface area contributed by atoms with Gasteiger partial charge in [0.05, 0.1) is 11.1 Å². The predicted octanol–water partition coefficient (Wildman–Crippen LogP) is 3.58. The quantitative estimate of drug-likeness (QED) is 0.931. The maximum absolute atomic E-state index is 13.1. The number of halogens is 2. The molecule has 4 nitrogen and oxygen atoms in total. The molecular formula is C13H15ClFN3O. The maximum Gasteiger partial charge on any atom is 0.244 e. The van der Waals surface area contributed by atoms with Crippen LogP contribution in [0.5, 0.6) is 0 Å². The van der Waals surface area contributed by atoms with Crippen molar-refractivity contribution >= 4 is 11.6 Å². The molecule has 0 radical (unpaired) electrons. The van der Waals surface area contributed by atoms with Crippen LogP contribution in [-0.4, -0.2) is 10.1 Å². The van der Waals surface area contributed by atoms with Crippen molar-refractivity contribution in [3.05, 3.63) is 34.9 Å². The normalized spacial score (nSPS) is 14.4. The van der Waals surface area contributed by atoms with Crippen molar-refractivity contribution in [2.24, 2.45) is 11.7 Å². The molecule has 0 aliphatic heterocycles. The van der Waals surface area contributed by atoms with Crippen molar-refractivity contribution in [1.29, 1.82) is 0 Å². The van der Waals surface area contributed by atoms with Crippen molar-refractivity contribution < 1.29 is 8.91 Å². The van der Waals surface area contributed by atoms with Gasteiger partial charge in [-0.05, 0) is 24.1 Å². The molecule has 0 saturated carbocycles. The Morgan fingerprint density at radius 3 is 2.84 bits per heavy atom. The highest BCUT2D eigenvalue weighted by Crippen LogP contribution is 2.25. The van der Waals surface area contributed by atoms with Crippen LogP contribution in [0, 0.1) is 11.7 Å². The lowest BCUT2D eigenvalue weighted by Gasteiger charge is -2.12. The van der Waals surface area contributed by atoms with Crippen LogP contribution >= 0.6 is 11.6 Å². The van der Waals surface area contributed by atoms with Gasteiger partial charge in [-0.25, -0.2) is 4.39 Å². The summed E-state index contributed by atoms with van der Waals surface area (Å²) in [5.74, 6) is 0.496. The summed E-state index contributed by atoms with van der Waals surface area (Å²) in [6, 6.07) is 3.97. The van der Waals surface area contributed by atoms with Gasteiger partial charge in [0.2, 0.25) is 11.7 Å². The maximum atomic E-state index is 13.1. The summed E-state index contributed by atoms with van der Waals surface area (Å²) < 4.78 is 18.2.